The van der Waals surface area contributed by atoms with E-state index < -0.39 is 6.10 Å². The Morgan fingerprint density at radius 3 is 2.83 bits per heavy atom. The Bertz CT molecular complexity index is 165. The summed E-state index contributed by atoms with van der Waals surface area (Å²) in [5.74, 6) is -0.114. The van der Waals surface area contributed by atoms with Gasteiger partial charge < -0.3 is 9.84 Å². The van der Waals surface area contributed by atoms with Gasteiger partial charge in [-0.3, -0.25) is 4.79 Å². The van der Waals surface area contributed by atoms with Crippen molar-refractivity contribution in [1.82, 2.24) is 0 Å². The highest BCUT2D eigenvalue weighted by Crippen LogP contribution is 2.26. The van der Waals surface area contributed by atoms with Crippen molar-refractivity contribution >= 4 is 5.97 Å². The number of aliphatic hydroxyl groups is 1. The van der Waals surface area contributed by atoms with Crippen LogP contribution in [0.4, 0.5) is 0 Å². The van der Waals surface area contributed by atoms with E-state index in [9.17, 15) is 9.90 Å². The van der Waals surface area contributed by atoms with Crippen LogP contribution < -0.4 is 0 Å². The minimum Gasteiger partial charge on any atom is -0.459 e. The molecule has 1 N–H and O–H groups in total. The highest BCUT2D eigenvalue weighted by molar-refractivity contribution is 5.74. The van der Waals surface area contributed by atoms with E-state index in [0.717, 1.165) is 12.8 Å². The lowest BCUT2D eigenvalue weighted by Gasteiger charge is -2.10. The van der Waals surface area contributed by atoms with E-state index in [1.165, 1.54) is 0 Å². The first-order chi connectivity index (χ1) is 5.65. The average Bonchev–Trinajstić information content (AvgIpc) is 2.34. The first-order valence-electron chi connectivity index (χ1n) is 4.53. The van der Waals surface area contributed by atoms with Gasteiger partial charge in [0.25, 0.3) is 0 Å². The van der Waals surface area contributed by atoms with Crippen LogP contribution in [-0.4, -0.2) is 23.3 Å². The number of hydrogen-bond acceptors (Lipinski definition) is 3. The summed E-state index contributed by atoms with van der Waals surface area (Å²) in [6.45, 7) is 3.70. The molecule has 0 aromatic heterocycles. The third kappa shape index (κ3) is 1.97. The molecule has 3 atom stereocenters. The summed E-state index contributed by atoms with van der Waals surface area (Å²) in [4.78, 5) is 11.1. The molecule has 3 nitrogen and oxygen atoms in total. The van der Waals surface area contributed by atoms with Gasteiger partial charge in [-0.15, -0.1) is 0 Å². The highest BCUT2D eigenvalue weighted by atomic mass is 16.6. The van der Waals surface area contributed by atoms with Gasteiger partial charge in [-0.2, -0.15) is 0 Å². The normalized spacial score (nSPS) is 31.8. The van der Waals surface area contributed by atoms with Gasteiger partial charge in [0.1, 0.15) is 6.10 Å². The van der Waals surface area contributed by atoms with Crippen LogP contribution >= 0.6 is 0 Å². The molecule has 0 amide bonds. The van der Waals surface area contributed by atoms with Crippen molar-refractivity contribution < 1.29 is 14.6 Å². The minimum atomic E-state index is -0.532. The molecule has 1 heterocycles. The number of ether oxygens (including phenoxy) is 1. The van der Waals surface area contributed by atoms with Gasteiger partial charge in [-0.05, 0) is 13.3 Å². The maximum absolute atomic E-state index is 11.1. The largest absolute Gasteiger partial charge is 0.459 e. The van der Waals surface area contributed by atoms with E-state index in [2.05, 4.69) is 0 Å². The monoisotopic (exact) mass is 172 g/mol. The number of carbonyl (C=O) groups excluding carboxylic acids is 1. The summed E-state index contributed by atoms with van der Waals surface area (Å²) >= 11 is 0. The van der Waals surface area contributed by atoms with Crippen molar-refractivity contribution in [3.8, 4) is 0 Å². The van der Waals surface area contributed by atoms with Gasteiger partial charge in [-0.25, -0.2) is 0 Å². The molecule has 70 valence electrons. The van der Waals surface area contributed by atoms with Crippen molar-refractivity contribution in [2.75, 3.05) is 0 Å². The molecule has 1 aliphatic heterocycles. The van der Waals surface area contributed by atoms with E-state index in [4.69, 9.17) is 4.74 Å². The highest BCUT2D eigenvalue weighted by Gasteiger charge is 2.35. The number of cyclic esters (lactones) is 1. The summed E-state index contributed by atoms with van der Waals surface area (Å²) < 4.78 is 5.00. The number of hydrogen-bond donors (Lipinski definition) is 1. The van der Waals surface area contributed by atoms with Gasteiger partial charge >= 0.3 is 5.97 Å². The molecule has 1 aliphatic rings. The lowest BCUT2D eigenvalue weighted by atomic mass is 9.98. The van der Waals surface area contributed by atoms with Crippen LogP contribution in [0.2, 0.25) is 0 Å². The van der Waals surface area contributed by atoms with Crippen molar-refractivity contribution in [3.63, 3.8) is 0 Å². The van der Waals surface area contributed by atoms with Crippen molar-refractivity contribution in [2.24, 2.45) is 5.92 Å². The summed E-state index contributed by atoms with van der Waals surface area (Å²) in [6.07, 6.45) is 1.75. The maximum atomic E-state index is 11.1. The molecule has 0 aliphatic carbocycles. The molecule has 0 aromatic carbocycles. The number of esters is 1. The fourth-order valence-electron chi connectivity index (χ4n) is 1.55. The predicted molar refractivity (Wildman–Crippen MR) is 44.6 cm³/mol. The van der Waals surface area contributed by atoms with Gasteiger partial charge in [0, 0.05) is 6.42 Å². The molecular weight excluding hydrogens is 156 g/mol. The van der Waals surface area contributed by atoms with Gasteiger partial charge in [0.05, 0.1) is 12.0 Å². The molecule has 1 rings (SSSR count). The Labute approximate surface area is 72.7 Å². The second-order valence-electron chi connectivity index (χ2n) is 3.44. The van der Waals surface area contributed by atoms with Gasteiger partial charge in [0.15, 0.2) is 0 Å². The Balaban J connectivity index is 2.44. The van der Waals surface area contributed by atoms with Gasteiger partial charge in [0.2, 0.25) is 0 Å². The molecular formula is C9H16O3. The molecule has 12 heavy (non-hydrogen) atoms. The molecule has 1 saturated heterocycles. The van der Waals surface area contributed by atoms with Crippen molar-refractivity contribution in [3.05, 3.63) is 0 Å². The second kappa shape index (κ2) is 3.90. The van der Waals surface area contributed by atoms with Crippen LogP contribution in [0.15, 0.2) is 0 Å². The van der Waals surface area contributed by atoms with Crippen molar-refractivity contribution in [2.45, 2.75) is 45.3 Å². The van der Waals surface area contributed by atoms with Gasteiger partial charge in [-0.1, -0.05) is 13.3 Å². The van der Waals surface area contributed by atoms with Crippen LogP contribution in [0.3, 0.4) is 0 Å². The number of carbonyl (C=O) groups is 1. The first-order valence-corrected chi connectivity index (χ1v) is 4.53. The zero-order valence-corrected chi connectivity index (χ0v) is 7.62. The summed E-state index contributed by atoms with van der Waals surface area (Å²) in [5, 5.41) is 9.18. The second-order valence-corrected chi connectivity index (χ2v) is 3.44. The van der Waals surface area contributed by atoms with E-state index in [0.29, 0.717) is 6.42 Å². The standard InChI is InChI=1S/C9H16O3/c1-3-4-7-5-8(6(2)10)12-9(7)11/h6-8,10H,3-5H2,1-2H3/t6-,7+,8+/m1/s1. The topological polar surface area (TPSA) is 46.5 Å². The zero-order chi connectivity index (χ0) is 9.14. The van der Waals surface area contributed by atoms with E-state index in [-0.39, 0.29) is 18.0 Å². The Morgan fingerprint density at radius 1 is 1.75 bits per heavy atom. The zero-order valence-electron chi connectivity index (χ0n) is 7.62. The van der Waals surface area contributed by atoms with Crippen LogP contribution in [0, 0.1) is 5.92 Å². The lowest BCUT2D eigenvalue weighted by Crippen LogP contribution is -2.21. The molecule has 0 bridgehead atoms. The first kappa shape index (κ1) is 9.52. The molecule has 0 unspecified atom stereocenters. The third-order valence-electron chi connectivity index (χ3n) is 2.29. The molecule has 0 spiro atoms. The smallest absolute Gasteiger partial charge is 0.309 e. The lowest BCUT2D eigenvalue weighted by molar-refractivity contribution is -0.147. The SMILES string of the molecule is CCC[C@H]1C[C@@H]([C@@H](C)O)OC1=O. The van der Waals surface area contributed by atoms with E-state index in [1.807, 2.05) is 6.92 Å². The summed E-state index contributed by atoms with van der Waals surface area (Å²) in [6, 6.07) is 0. The number of rotatable bonds is 3. The van der Waals surface area contributed by atoms with Crippen molar-refractivity contribution in [1.29, 1.82) is 0 Å². The fourth-order valence-corrected chi connectivity index (χ4v) is 1.55. The fraction of sp³-hybridized carbons (Fsp3) is 0.889. The quantitative estimate of drug-likeness (QED) is 0.648. The predicted octanol–water partition coefficient (Wildman–Crippen LogP) is 1.10. The molecule has 3 heteroatoms. The van der Waals surface area contributed by atoms with E-state index in [1.54, 1.807) is 6.92 Å². The molecule has 0 aromatic rings. The molecule has 0 radical (unpaired) electrons. The summed E-state index contributed by atoms with van der Waals surface area (Å²) in [7, 11) is 0. The van der Waals surface area contributed by atoms with Crippen LogP contribution in [0.5, 0.6) is 0 Å². The van der Waals surface area contributed by atoms with Crippen LogP contribution in [0.1, 0.15) is 33.1 Å². The van der Waals surface area contributed by atoms with E-state index >= 15 is 0 Å². The summed E-state index contributed by atoms with van der Waals surface area (Å²) in [5.41, 5.74) is 0. The number of aliphatic hydroxyl groups excluding tert-OH is 1. The molecule has 0 saturated carbocycles. The Morgan fingerprint density at radius 2 is 2.42 bits per heavy atom. The van der Waals surface area contributed by atoms with Crippen LogP contribution in [-0.2, 0) is 9.53 Å². The Hall–Kier alpha value is -0.570. The average molecular weight is 172 g/mol. The Kier molecular flexibility index (Phi) is 3.09. The third-order valence-corrected chi connectivity index (χ3v) is 2.29. The molecule has 1 fully saturated rings. The minimum absolute atomic E-state index is 0.0228. The maximum Gasteiger partial charge on any atom is 0.309 e. The van der Waals surface area contributed by atoms with Crippen LogP contribution in [0.25, 0.3) is 0 Å².